The molecule has 1 amide bonds. The molecule has 1 atom stereocenters. The second-order valence-corrected chi connectivity index (χ2v) is 6.26. The van der Waals surface area contributed by atoms with Crippen LogP contribution in [0.2, 0.25) is 0 Å². The Labute approximate surface area is 139 Å². The van der Waals surface area contributed by atoms with Crippen LogP contribution in [0.3, 0.4) is 0 Å². The molecule has 1 fully saturated rings. The molecule has 1 heterocycles. The Bertz CT molecular complexity index is 533. The molecule has 0 spiro atoms. The number of allylic oxidation sites excluding steroid dienone is 1. The first kappa shape index (κ1) is 17.5. The minimum Gasteiger partial charge on any atom is -0.378 e. The summed E-state index contributed by atoms with van der Waals surface area (Å²) in [5, 5.41) is 0. The van der Waals surface area contributed by atoms with Gasteiger partial charge in [0, 0.05) is 36.9 Å². The van der Waals surface area contributed by atoms with E-state index in [9.17, 15) is 4.79 Å². The maximum Gasteiger partial charge on any atom is 0.230 e. The lowest BCUT2D eigenvalue weighted by Crippen LogP contribution is -2.36. The molecule has 1 aromatic carbocycles. The molecule has 0 aliphatic carbocycles. The van der Waals surface area contributed by atoms with E-state index >= 15 is 0 Å². The minimum atomic E-state index is -0.0358. The second kappa shape index (κ2) is 8.16. The number of carbonyl (C=O) groups is 1. The summed E-state index contributed by atoms with van der Waals surface area (Å²) in [6.07, 6.45) is 0.737. The Kier molecular flexibility index (Phi) is 6.22. The predicted molar refractivity (Wildman–Crippen MR) is 96.1 cm³/mol. The van der Waals surface area contributed by atoms with Crippen LogP contribution >= 0.6 is 0 Å². The smallest absolute Gasteiger partial charge is 0.230 e. The number of carbonyl (C=O) groups excluding carboxylic acids is 1. The summed E-state index contributed by atoms with van der Waals surface area (Å²) in [4.78, 5) is 16.8. The fourth-order valence-electron chi connectivity index (χ4n) is 3.01. The van der Waals surface area contributed by atoms with E-state index in [2.05, 4.69) is 23.6 Å². The van der Waals surface area contributed by atoms with Crippen LogP contribution in [0, 0.1) is 5.92 Å². The second-order valence-electron chi connectivity index (χ2n) is 6.26. The SMILES string of the molecule is C=C(C)C[C@H](C)C(=O)N(CC)c1ccc(N2CCOCC2)cc1. The molecule has 23 heavy (non-hydrogen) atoms. The first-order valence-corrected chi connectivity index (χ1v) is 8.41. The molecule has 4 heteroatoms. The van der Waals surface area contributed by atoms with Crippen molar-refractivity contribution < 1.29 is 9.53 Å². The minimum absolute atomic E-state index is 0.0358. The summed E-state index contributed by atoms with van der Waals surface area (Å²) in [5.74, 6) is 0.126. The van der Waals surface area contributed by atoms with Crippen LogP contribution in [-0.2, 0) is 9.53 Å². The highest BCUT2D eigenvalue weighted by Crippen LogP contribution is 2.24. The van der Waals surface area contributed by atoms with Crippen LogP contribution in [0.5, 0.6) is 0 Å². The lowest BCUT2D eigenvalue weighted by Gasteiger charge is -2.30. The van der Waals surface area contributed by atoms with E-state index in [1.165, 1.54) is 5.69 Å². The van der Waals surface area contributed by atoms with Crippen molar-refractivity contribution in [3.63, 3.8) is 0 Å². The Hall–Kier alpha value is -1.81. The normalized spacial score (nSPS) is 16.0. The zero-order valence-electron chi connectivity index (χ0n) is 14.5. The van der Waals surface area contributed by atoms with Gasteiger partial charge in [0.2, 0.25) is 5.91 Å². The van der Waals surface area contributed by atoms with Crippen LogP contribution in [0.4, 0.5) is 11.4 Å². The highest BCUT2D eigenvalue weighted by molar-refractivity contribution is 5.95. The molecule has 1 aliphatic heterocycles. The summed E-state index contributed by atoms with van der Waals surface area (Å²) >= 11 is 0. The third-order valence-corrected chi connectivity index (χ3v) is 4.20. The maximum absolute atomic E-state index is 12.7. The maximum atomic E-state index is 12.7. The number of rotatable bonds is 6. The summed E-state index contributed by atoms with van der Waals surface area (Å²) in [7, 11) is 0. The molecule has 1 saturated heterocycles. The molecule has 126 valence electrons. The third-order valence-electron chi connectivity index (χ3n) is 4.20. The van der Waals surface area contributed by atoms with Crippen LogP contribution in [0.25, 0.3) is 0 Å². The van der Waals surface area contributed by atoms with Crippen molar-refractivity contribution in [1.82, 2.24) is 0 Å². The summed E-state index contributed by atoms with van der Waals surface area (Å²) in [6, 6.07) is 8.28. The Morgan fingerprint density at radius 1 is 1.30 bits per heavy atom. The van der Waals surface area contributed by atoms with Crippen LogP contribution in [-0.4, -0.2) is 38.8 Å². The number of hydrogen-bond donors (Lipinski definition) is 0. The van der Waals surface area contributed by atoms with E-state index < -0.39 is 0 Å². The average Bonchev–Trinajstić information content (AvgIpc) is 2.56. The van der Waals surface area contributed by atoms with E-state index in [-0.39, 0.29) is 11.8 Å². The van der Waals surface area contributed by atoms with Gasteiger partial charge in [0.05, 0.1) is 13.2 Å². The molecule has 4 nitrogen and oxygen atoms in total. The molecule has 1 aliphatic rings. The van der Waals surface area contributed by atoms with Crippen LogP contribution in [0.1, 0.15) is 27.2 Å². The van der Waals surface area contributed by atoms with Crippen molar-refractivity contribution in [2.75, 3.05) is 42.6 Å². The van der Waals surface area contributed by atoms with Gasteiger partial charge < -0.3 is 14.5 Å². The molecule has 0 saturated carbocycles. The van der Waals surface area contributed by atoms with Crippen LogP contribution in [0.15, 0.2) is 36.4 Å². The number of ether oxygens (including phenoxy) is 1. The van der Waals surface area contributed by atoms with Crippen molar-refractivity contribution >= 4 is 17.3 Å². The molecule has 1 aromatic rings. The molecule has 0 unspecified atom stereocenters. The molecular weight excluding hydrogens is 288 g/mol. The summed E-state index contributed by atoms with van der Waals surface area (Å²) in [6.45, 7) is 13.9. The van der Waals surface area contributed by atoms with Gasteiger partial charge in [0.1, 0.15) is 0 Å². The van der Waals surface area contributed by atoms with Gasteiger partial charge in [-0.15, -0.1) is 6.58 Å². The summed E-state index contributed by atoms with van der Waals surface area (Å²) in [5.41, 5.74) is 3.20. The van der Waals surface area contributed by atoms with Crippen molar-refractivity contribution in [2.45, 2.75) is 27.2 Å². The number of anilines is 2. The predicted octanol–water partition coefficient (Wildman–Crippen LogP) is 3.48. The first-order chi connectivity index (χ1) is 11.0. The van der Waals surface area contributed by atoms with Gasteiger partial charge in [-0.3, -0.25) is 4.79 Å². The van der Waals surface area contributed by atoms with Crippen molar-refractivity contribution in [2.24, 2.45) is 5.92 Å². The zero-order valence-corrected chi connectivity index (χ0v) is 14.5. The van der Waals surface area contributed by atoms with E-state index in [0.717, 1.165) is 44.0 Å². The highest BCUT2D eigenvalue weighted by Gasteiger charge is 2.21. The highest BCUT2D eigenvalue weighted by atomic mass is 16.5. The van der Waals surface area contributed by atoms with Crippen molar-refractivity contribution in [1.29, 1.82) is 0 Å². The number of amides is 1. The topological polar surface area (TPSA) is 32.8 Å². The van der Waals surface area contributed by atoms with Gasteiger partial charge in [-0.1, -0.05) is 12.5 Å². The first-order valence-electron chi connectivity index (χ1n) is 8.41. The van der Waals surface area contributed by atoms with Gasteiger partial charge in [-0.05, 0) is 44.5 Å². The van der Waals surface area contributed by atoms with E-state index in [1.54, 1.807) is 0 Å². The molecule has 2 rings (SSSR count). The lowest BCUT2D eigenvalue weighted by atomic mass is 10.0. The molecular formula is C19H28N2O2. The molecule has 0 bridgehead atoms. The zero-order chi connectivity index (χ0) is 16.8. The molecule has 0 aromatic heterocycles. The van der Waals surface area contributed by atoms with Gasteiger partial charge >= 0.3 is 0 Å². The van der Waals surface area contributed by atoms with Gasteiger partial charge in [0.25, 0.3) is 0 Å². The summed E-state index contributed by atoms with van der Waals surface area (Å²) < 4.78 is 5.39. The molecule has 0 radical (unpaired) electrons. The largest absolute Gasteiger partial charge is 0.378 e. The average molecular weight is 316 g/mol. The Morgan fingerprint density at radius 3 is 2.43 bits per heavy atom. The third kappa shape index (κ3) is 4.58. The number of nitrogens with zero attached hydrogens (tertiary/aromatic N) is 2. The quantitative estimate of drug-likeness (QED) is 0.753. The fraction of sp³-hybridized carbons (Fsp3) is 0.526. The van der Waals surface area contributed by atoms with Gasteiger partial charge in [-0.25, -0.2) is 0 Å². The van der Waals surface area contributed by atoms with Gasteiger partial charge in [-0.2, -0.15) is 0 Å². The van der Waals surface area contributed by atoms with Crippen molar-refractivity contribution in [3.8, 4) is 0 Å². The lowest BCUT2D eigenvalue weighted by molar-refractivity contribution is -0.121. The fourth-order valence-corrected chi connectivity index (χ4v) is 3.01. The number of benzene rings is 1. The van der Waals surface area contributed by atoms with Crippen molar-refractivity contribution in [3.05, 3.63) is 36.4 Å². The monoisotopic (exact) mass is 316 g/mol. The van der Waals surface area contributed by atoms with E-state index in [4.69, 9.17) is 4.74 Å². The Balaban J connectivity index is 2.08. The van der Waals surface area contributed by atoms with E-state index in [1.807, 2.05) is 37.8 Å². The molecule has 0 N–H and O–H groups in total. The number of morpholine rings is 1. The number of hydrogen-bond acceptors (Lipinski definition) is 3. The van der Waals surface area contributed by atoms with Crippen LogP contribution < -0.4 is 9.80 Å². The standard InChI is InChI=1S/C19H28N2O2/c1-5-21(19(22)16(4)14-15(2)3)18-8-6-17(7-9-18)20-10-12-23-13-11-20/h6-9,16H,2,5,10-14H2,1,3-4H3/t16-/m0/s1. The Morgan fingerprint density at radius 2 is 1.91 bits per heavy atom. The van der Waals surface area contributed by atoms with Gasteiger partial charge in [0.15, 0.2) is 0 Å². The van der Waals surface area contributed by atoms with E-state index in [0.29, 0.717) is 6.54 Å².